The Bertz CT molecular complexity index is 1300. The lowest BCUT2D eigenvalue weighted by molar-refractivity contribution is -0.384. The number of nitrogens with one attached hydrogen (secondary N) is 1. The van der Waals surface area contributed by atoms with Crippen LogP contribution in [0.2, 0.25) is 0 Å². The second-order valence-corrected chi connectivity index (χ2v) is 10.5. The van der Waals surface area contributed by atoms with Crippen molar-refractivity contribution in [1.29, 1.82) is 0 Å². The second-order valence-electron chi connectivity index (χ2n) is 7.46. The molecule has 0 bridgehead atoms. The molecule has 9 nitrogen and oxygen atoms in total. The van der Waals surface area contributed by atoms with Gasteiger partial charge in [0.05, 0.1) is 26.5 Å². The Morgan fingerprint density at radius 2 is 1.85 bits per heavy atom. The maximum absolute atomic E-state index is 13.0. The molecular weight excluding hydrogens is 466 g/mol. The predicted molar refractivity (Wildman–Crippen MR) is 129 cm³/mol. The first kappa shape index (κ1) is 24.6. The van der Waals surface area contributed by atoms with Gasteiger partial charge in [0.1, 0.15) is 5.75 Å². The number of anilines is 1. The monoisotopic (exact) mass is 491 g/mol. The summed E-state index contributed by atoms with van der Waals surface area (Å²) >= 11 is 1.18. The summed E-state index contributed by atoms with van der Waals surface area (Å²) in [6, 6.07) is 10.3. The van der Waals surface area contributed by atoms with Crippen LogP contribution in [0.1, 0.15) is 37.4 Å². The van der Waals surface area contributed by atoms with Crippen molar-refractivity contribution in [3.63, 3.8) is 0 Å². The van der Waals surface area contributed by atoms with Crippen LogP contribution in [0.25, 0.3) is 10.1 Å². The van der Waals surface area contributed by atoms with Gasteiger partial charge < -0.3 is 10.1 Å². The molecule has 33 heavy (non-hydrogen) atoms. The largest absolute Gasteiger partial charge is 0.489 e. The van der Waals surface area contributed by atoms with Crippen LogP contribution in [0.15, 0.2) is 47.4 Å². The summed E-state index contributed by atoms with van der Waals surface area (Å²) < 4.78 is 33.7. The lowest BCUT2D eigenvalue weighted by Gasteiger charge is -2.20. The van der Waals surface area contributed by atoms with Gasteiger partial charge in [-0.15, -0.1) is 11.3 Å². The fourth-order valence-corrected chi connectivity index (χ4v) is 5.70. The number of hydrogen-bond acceptors (Lipinski definition) is 7. The van der Waals surface area contributed by atoms with E-state index < -0.39 is 20.9 Å². The van der Waals surface area contributed by atoms with Gasteiger partial charge in [-0.1, -0.05) is 13.8 Å². The number of non-ortho nitro benzene ring substituents is 1. The summed E-state index contributed by atoms with van der Waals surface area (Å²) in [6.07, 6.45) is -0.198. The van der Waals surface area contributed by atoms with Crippen molar-refractivity contribution in [1.82, 2.24) is 4.31 Å². The highest BCUT2D eigenvalue weighted by Gasteiger charge is 2.24. The average molecular weight is 492 g/mol. The second kappa shape index (κ2) is 9.86. The average Bonchev–Trinajstić information content (AvgIpc) is 3.18. The molecule has 2 aromatic carbocycles. The van der Waals surface area contributed by atoms with Crippen LogP contribution >= 0.6 is 11.3 Å². The van der Waals surface area contributed by atoms with Crippen LogP contribution in [0.5, 0.6) is 5.75 Å². The number of nitro groups is 1. The Morgan fingerprint density at radius 3 is 2.45 bits per heavy atom. The number of fused-ring (bicyclic) bond motifs is 1. The summed E-state index contributed by atoms with van der Waals surface area (Å²) in [7, 11) is -3.74. The van der Waals surface area contributed by atoms with Gasteiger partial charge in [0, 0.05) is 35.3 Å². The summed E-state index contributed by atoms with van der Waals surface area (Å²) in [5.41, 5.74) is 0.166. The predicted octanol–water partition coefficient (Wildman–Crippen LogP) is 4.88. The lowest BCUT2D eigenvalue weighted by Crippen LogP contribution is -2.30. The molecule has 3 rings (SSSR count). The van der Waals surface area contributed by atoms with Crippen LogP contribution in [0.3, 0.4) is 0 Å². The van der Waals surface area contributed by atoms with Gasteiger partial charge in [-0.05, 0) is 44.2 Å². The Hall–Kier alpha value is -3.02. The summed E-state index contributed by atoms with van der Waals surface area (Å²) in [5, 5.41) is 14.3. The van der Waals surface area contributed by atoms with Crippen molar-refractivity contribution in [2.24, 2.45) is 0 Å². The number of sulfonamides is 1. The summed E-state index contributed by atoms with van der Waals surface area (Å²) in [5.74, 6) is -0.126. The number of nitrogens with zero attached hydrogens (tertiary/aromatic N) is 2. The van der Waals surface area contributed by atoms with E-state index in [1.54, 1.807) is 26.0 Å². The number of nitro benzene ring substituents is 1. The van der Waals surface area contributed by atoms with E-state index in [1.165, 1.54) is 46.0 Å². The van der Waals surface area contributed by atoms with E-state index in [1.807, 2.05) is 13.8 Å². The van der Waals surface area contributed by atoms with Gasteiger partial charge in [0.25, 0.3) is 11.6 Å². The Morgan fingerprint density at radius 1 is 1.15 bits per heavy atom. The molecule has 1 amide bonds. The van der Waals surface area contributed by atoms with E-state index in [0.29, 0.717) is 29.1 Å². The summed E-state index contributed by atoms with van der Waals surface area (Å²) in [4.78, 5) is 23.9. The molecule has 176 valence electrons. The van der Waals surface area contributed by atoms with E-state index >= 15 is 0 Å². The first-order valence-electron chi connectivity index (χ1n) is 10.4. The zero-order valence-electron chi connectivity index (χ0n) is 18.7. The molecule has 0 fully saturated rings. The smallest absolute Gasteiger partial charge is 0.270 e. The molecule has 0 radical (unpaired) electrons. The highest BCUT2D eigenvalue weighted by Crippen LogP contribution is 2.33. The van der Waals surface area contributed by atoms with Gasteiger partial charge in [-0.3, -0.25) is 14.9 Å². The van der Waals surface area contributed by atoms with Crippen molar-refractivity contribution in [3.05, 3.63) is 57.5 Å². The molecular formula is C22H25N3O6S2. The first-order valence-corrected chi connectivity index (χ1v) is 12.6. The van der Waals surface area contributed by atoms with Crippen LogP contribution in [-0.4, -0.2) is 42.7 Å². The molecule has 1 aromatic heterocycles. The SMILES string of the molecule is CCN(CC)S(=O)(=O)c1ccc(OC(C)C)c(NC(=O)c2cc3cc([N+](=O)[O-])ccc3s2)c1. The molecule has 0 unspecified atom stereocenters. The molecule has 0 saturated heterocycles. The molecule has 1 heterocycles. The maximum atomic E-state index is 13.0. The van der Waals surface area contributed by atoms with Crippen molar-refractivity contribution in [2.75, 3.05) is 18.4 Å². The topological polar surface area (TPSA) is 119 Å². The fourth-order valence-electron chi connectivity index (χ4n) is 3.28. The Kier molecular flexibility index (Phi) is 7.35. The lowest BCUT2D eigenvalue weighted by atomic mass is 10.2. The minimum absolute atomic E-state index is 0.0459. The number of carbonyl (C=O) groups excluding carboxylic acids is 1. The molecule has 3 aromatic rings. The maximum Gasteiger partial charge on any atom is 0.270 e. The normalized spacial score (nSPS) is 11.8. The Balaban J connectivity index is 1.99. The molecule has 0 aliphatic heterocycles. The number of thiophene rings is 1. The zero-order chi connectivity index (χ0) is 24.3. The molecule has 1 N–H and O–H groups in total. The minimum atomic E-state index is -3.74. The molecule has 0 atom stereocenters. The van der Waals surface area contributed by atoms with Crippen molar-refractivity contribution < 1.29 is 22.9 Å². The number of ether oxygens (including phenoxy) is 1. The number of carbonyl (C=O) groups is 1. The molecule has 0 saturated carbocycles. The standard InChI is InChI=1S/C22H25N3O6S2/c1-5-24(6-2)33(29,30)17-8-9-19(31-14(3)4)18(13-17)23-22(26)21-12-15-11-16(25(27)28)7-10-20(15)32-21/h7-14H,5-6H2,1-4H3,(H,23,26). The highest BCUT2D eigenvalue weighted by atomic mass is 32.2. The van der Waals surface area contributed by atoms with E-state index in [4.69, 9.17) is 4.74 Å². The number of amides is 1. The fraction of sp³-hybridized carbons (Fsp3) is 0.318. The molecule has 0 aliphatic rings. The van der Waals surface area contributed by atoms with Gasteiger partial charge in [-0.25, -0.2) is 8.42 Å². The number of hydrogen-bond donors (Lipinski definition) is 1. The van der Waals surface area contributed by atoms with Gasteiger partial charge in [0.15, 0.2) is 0 Å². The minimum Gasteiger partial charge on any atom is -0.489 e. The van der Waals surface area contributed by atoms with Crippen LogP contribution in [-0.2, 0) is 10.0 Å². The van der Waals surface area contributed by atoms with Gasteiger partial charge >= 0.3 is 0 Å². The number of benzene rings is 2. The highest BCUT2D eigenvalue weighted by molar-refractivity contribution is 7.89. The van der Waals surface area contributed by atoms with Crippen molar-refractivity contribution in [2.45, 2.75) is 38.7 Å². The van der Waals surface area contributed by atoms with E-state index in [-0.39, 0.29) is 22.4 Å². The van der Waals surface area contributed by atoms with Crippen molar-refractivity contribution in [3.8, 4) is 5.75 Å². The first-order chi connectivity index (χ1) is 15.6. The Labute approximate surface area is 196 Å². The van der Waals surface area contributed by atoms with Crippen LogP contribution in [0, 0.1) is 10.1 Å². The van der Waals surface area contributed by atoms with Crippen LogP contribution in [0.4, 0.5) is 11.4 Å². The summed E-state index contributed by atoms with van der Waals surface area (Å²) in [6.45, 7) is 7.80. The van der Waals surface area contributed by atoms with E-state index in [2.05, 4.69) is 5.32 Å². The van der Waals surface area contributed by atoms with Gasteiger partial charge in [0.2, 0.25) is 10.0 Å². The van der Waals surface area contributed by atoms with E-state index in [9.17, 15) is 23.3 Å². The molecule has 0 spiro atoms. The van der Waals surface area contributed by atoms with Crippen molar-refractivity contribution >= 4 is 48.7 Å². The molecule has 11 heteroatoms. The third-order valence-corrected chi connectivity index (χ3v) is 8.00. The third-order valence-electron chi connectivity index (χ3n) is 4.84. The van der Waals surface area contributed by atoms with Crippen LogP contribution < -0.4 is 10.1 Å². The number of rotatable bonds is 9. The third kappa shape index (κ3) is 5.32. The zero-order valence-corrected chi connectivity index (χ0v) is 20.3. The van der Waals surface area contributed by atoms with E-state index in [0.717, 1.165) is 4.70 Å². The molecule has 0 aliphatic carbocycles. The quantitative estimate of drug-likeness (QED) is 0.337. The van der Waals surface area contributed by atoms with Gasteiger partial charge in [-0.2, -0.15) is 4.31 Å².